The second-order valence-electron chi connectivity index (χ2n) is 5.81. The second kappa shape index (κ2) is 7.39. The van der Waals surface area contributed by atoms with E-state index in [-0.39, 0.29) is 0 Å². The van der Waals surface area contributed by atoms with Crippen molar-refractivity contribution >= 4 is 0 Å². The largest absolute Gasteiger partial charge is 0.387 e. The summed E-state index contributed by atoms with van der Waals surface area (Å²) in [7, 11) is 0. The number of benzene rings is 2. The molecule has 2 rings (SSSR count). The van der Waals surface area contributed by atoms with Gasteiger partial charge in [-0.2, -0.15) is 0 Å². The summed E-state index contributed by atoms with van der Waals surface area (Å²) in [5.41, 5.74) is 4.83. The van der Waals surface area contributed by atoms with Gasteiger partial charge in [-0.15, -0.1) is 0 Å². The molecule has 0 bridgehead atoms. The molecular weight excluding hydrogens is 258 g/mol. The van der Waals surface area contributed by atoms with Crippen LogP contribution in [0, 0.1) is 13.8 Å². The predicted molar refractivity (Wildman–Crippen MR) is 88.5 cm³/mol. The van der Waals surface area contributed by atoms with Crippen molar-refractivity contribution in [2.45, 2.75) is 39.3 Å². The van der Waals surface area contributed by atoms with Crippen molar-refractivity contribution < 1.29 is 5.11 Å². The molecule has 2 nitrogen and oxygen atoms in total. The number of nitrogens with one attached hydrogen (secondary N) is 1. The van der Waals surface area contributed by atoms with Gasteiger partial charge in [0, 0.05) is 12.6 Å². The lowest BCUT2D eigenvalue weighted by molar-refractivity contribution is 0.170. The van der Waals surface area contributed by atoms with Crippen LogP contribution in [0.4, 0.5) is 0 Å². The molecule has 112 valence electrons. The average Bonchev–Trinajstić information content (AvgIpc) is 2.48. The van der Waals surface area contributed by atoms with Crippen LogP contribution in [0.2, 0.25) is 0 Å². The Bertz CT molecular complexity index is 579. The summed E-state index contributed by atoms with van der Waals surface area (Å²) in [5, 5.41) is 13.7. The lowest BCUT2D eigenvalue weighted by atomic mass is 10.0. The molecule has 0 spiro atoms. The normalized spacial score (nSPS) is 13.9. The van der Waals surface area contributed by atoms with Gasteiger partial charge in [0.2, 0.25) is 0 Å². The number of hydrogen-bond acceptors (Lipinski definition) is 2. The monoisotopic (exact) mass is 283 g/mol. The first-order valence-electron chi connectivity index (χ1n) is 7.59. The molecule has 0 radical (unpaired) electrons. The van der Waals surface area contributed by atoms with Gasteiger partial charge >= 0.3 is 0 Å². The average molecular weight is 283 g/mol. The highest BCUT2D eigenvalue weighted by molar-refractivity contribution is 5.28. The second-order valence-corrected chi connectivity index (χ2v) is 5.81. The van der Waals surface area contributed by atoms with E-state index in [4.69, 9.17) is 0 Å². The Hall–Kier alpha value is -1.64. The first-order valence-corrected chi connectivity index (χ1v) is 7.59. The Morgan fingerprint density at radius 1 is 0.952 bits per heavy atom. The maximum absolute atomic E-state index is 10.3. The van der Waals surface area contributed by atoms with Crippen LogP contribution in [-0.4, -0.2) is 17.7 Å². The number of aliphatic hydroxyl groups excluding tert-OH is 1. The molecule has 0 aliphatic carbocycles. The third-order valence-corrected chi connectivity index (χ3v) is 3.99. The molecule has 2 aromatic carbocycles. The standard InChI is InChI=1S/C19H25NO/c1-14-8-4-6-10-17(14)12-16(3)20-13-19(21)18-11-7-5-9-15(18)2/h4-11,16,19-21H,12-13H2,1-3H3/t16?,19-/m0/s1. The zero-order valence-electron chi connectivity index (χ0n) is 13.1. The maximum atomic E-state index is 10.3. The van der Waals surface area contributed by atoms with Crippen molar-refractivity contribution in [3.05, 3.63) is 70.8 Å². The first-order chi connectivity index (χ1) is 10.1. The van der Waals surface area contributed by atoms with Gasteiger partial charge < -0.3 is 10.4 Å². The quantitative estimate of drug-likeness (QED) is 0.849. The molecule has 0 heterocycles. The minimum atomic E-state index is -0.453. The molecule has 0 saturated carbocycles. The van der Waals surface area contributed by atoms with Crippen molar-refractivity contribution in [1.29, 1.82) is 0 Å². The highest BCUT2D eigenvalue weighted by atomic mass is 16.3. The van der Waals surface area contributed by atoms with Gasteiger partial charge in [0.25, 0.3) is 0 Å². The fraction of sp³-hybridized carbons (Fsp3) is 0.368. The van der Waals surface area contributed by atoms with Crippen LogP contribution in [0.1, 0.15) is 35.3 Å². The Labute approximate surface area is 127 Å². The minimum Gasteiger partial charge on any atom is -0.387 e. The number of aliphatic hydroxyl groups is 1. The Morgan fingerprint density at radius 3 is 2.24 bits per heavy atom. The van der Waals surface area contributed by atoms with Crippen LogP contribution in [0.15, 0.2) is 48.5 Å². The van der Waals surface area contributed by atoms with Crippen LogP contribution < -0.4 is 5.32 Å². The fourth-order valence-corrected chi connectivity index (χ4v) is 2.62. The van der Waals surface area contributed by atoms with E-state index in [0.29, 0.717) is 12.6 Å². The van der Waals surface area contributed by atoms with E-state index in [0.717, 1.165) is 17.5 Å². The van der Waals surface area contributed by atoms with Gasteiger partial charge in [0.15, 0.2) is 0 Å². The predicted octanol–water partition coefficient (Wildman–Crippen LogP) is 3.56. The van der Waals surface area contributed by atoms with Gasteiger partial charge in [-0.3, -0.25) is 0 Å². The Morgan fingerprint density at radius 2 is 1.57 bits per heavy atom. The third kappa shape index (κ3) is 4.42. The molecule has 0 aliphatic rings. The van der Waals surface area contributed by atoms with Gasteiger partial charge in [-0.05, 0) is 49.4 Å². The lowest BCUT2D eigenvalue weighted by Crippen LogP contribution is -2.32. The van der Waals surface area contributed by atoms with Gasteiger partial charge in [0.1, 0.15) is 0 Å². The van der Waals surface area contributed by atoms with E-state index in [1.807, 2.05) is 31.2 Å². The molecule has 0 saturated heterocycles. The topological polar surface area (TPSA) is 32.3 Å². The zero-order valence-corrected chi connectivity index (χ0v) is 13.1. The van der Waals surface area contributed by atoms with Crippen LogP contribution in [0.3, 0.4) is 0 Å². The molecule has 0 amide bonds. The fourth-order valence-electron chi connectivity index (χ4n) is 2.62. The molecule has 21 heavy (non-hydrogen) atoms. The van der Waals surface area contributed by atoms with E-state index >= 15 is 0 Å². The van der Waals surface area contributed by atoms with Crippen molar-refractivity contribution in [3.8, 4) is 0 Å². The molecule has 2 atom stereocenters. The number of hydrogen-bond donors (Lipinski definition) is 2. The van der Waals surface area contributed by atoms with E-state index in [1.165, 1.54) is 11.1 Å². The highest BCUT2D eigenvalue weighted by Gasteiger charge is 2.12. The molecular formula is C19H25NO. The number of aryl methyl sites for hydroxylation is 2. The van der Waals surface area contributed by atoms with Crippen molar-refractivity contribution in [3.63, 3.8) is 0 Å². The SMILES string of the molecule is Cc1ccccc1CC(C)NC[C@H](O)c1ccccc1C. The van der Waals surface area contributed by atoms with Crippen LogP contribution in [0.25, 0.3) is 0 Å². The summed E-state index contributed by atoms with van der Waals surface area (Å²) in [4.78, 5) is 0. The van der Waals surface area contributed by atoms with E-state index < -0.39 is 6.10 Å². The Kier molecular flexibility index (Phi) is 5.54. The Balaban J connectivity index is 1.88. The molecule has 0 fully saturated rings. The molecule has 2 aromatic rings. The van der Waals surface area contributed by atoms with Crippen molar-refractivity contribution in [2.75, 3.05) is 6.54 Å². The molecule has 0 aliphatic heterocycles. The highest BCUT2D eigenvalue weighted by Crippen LogP contribution is 2.17. The van der Waals surface area contributed by atoms with Crippen molar-refractivity contribution in [1.82, 2.24) is 5.32 Å². The summed E-state index contributed by atoms with van der Waals surface area (Å²) < 4.78 is 0. The van der Waals surface area contributed by atoms with E-state index in [2.05, 4.69) is 43.4 Å². The summed E-state index contributed by atoms with van der Waals surface area (Å²) in [6.45, 7) is 6.93. The minimum absolute atomic E-state index is 0.338. The molecule has 2 heteroatoms. The summed E-state index contributed by atoms with van der Waals surface area (Å²) in [6.07, 6.45) is 0.526. The summed E-state index contributed by atoms with van der Waals surface area (Å²) in [6, 6.07) is 16.8. The third-order valence-electron chi connectivity index (χ3n) is 3.99. The number of rotatable bonds is 6. The lowest BCUT2D eigenvalue weighted by Gasteiger charge is -2.19. The van der Waals surface area contributed by atoms with Crippen LogP contribution in [0.5, 0.6) is 0 Å². The van der Waals surface area contributed by atoms with E-state index in [9.17, 15) is 5.11 Å². The molecule has 1 unspecified atom stereocenters. The summed E-state index contributed by atoms with van der Waals surface area (Å²) in [5.74, 6) is 0. The van der Waals surface area contributed by atoms with Gasteiger partial charge in [-0.1, -0.05) is 48.5 Å². The smallest absolute Gasteiger partial charge is 0.0917 e. The van der Waals surface area contributed by atoms with Crippen molar-refractivity contribution in [2.24, 2.45) is 0 Å². The summed E-state index contributed by atoms with van der Waals surface area (Å²) >= 11 is 0. The van der Waals surface area contributed by atoms with Crippen LogP contribution >= 0.6 is 0 Å². The van der Waals surface area contributed by atoms with Gasteiger partial charge in [-0.25, -0.2) is 0 Å². The molecule has 2 N–H and O–H groups in total. The van der Waals surface area contributed by atoms with Crippen LogP contribution in [-0.2, 0) is 6.42 Å². The zero-order chi connectivity index (χ0) is 15.2. The van der Waals surface area contributed by atoms with E-state index in [1.54, 1.807) is 0 Å². The van der Waals surface area contributed by atoms with Gasteiger partial charge in [0.05, 0.1) is 6.10 Å². The first kappa shape index (κ1) is 15.7. The maximum Gasteiger partial charge on any atom is 0.0917 e. The molecule has 0 aromatic heterocycles.